The molecule has 0 aliphatic carbocycles. The van der Waals surface area contributed by atoms with Crippen molar-refractivity contribution in [2.24, 2.45) is 0 Å². The predicted octanol–water partition coefficient (Wildman–Crippen LogP) is 4.48. The number of halogens is 4. The highest BCUT2D eigenvalue weighted by molar-refractivity contribution is 9.10. The molecule has 1 N–H and O–H groups in total. The first-order valence-corrected chi connectivity index (χ1v) is 7.60. The molecule has 0 fully saturated rings. The van der Waals surface area contributed by atoms with Gasteiger partial charge in [-0.25, -0.2) is 8.78 Å². The van der Waals surface area contributed by atoms with Crippen LogP contribution in [-0.4, -0.2) is 5.91 Å². The SMILES string of the molecule is O=C(NCc1sccc1Br)c1c(F)cc(Br)cc1F. The molecule has 1 amide bonds. The second-order valence-electron chi connectivity index (χ2n) is 3.62. The van der Waals surface area contributed by atoms with E-state index in [4.69, 9.17) is 0 Å². The fourth-order valence-corrected chi connectivity index (χ4v) is 3.29. The lowest BCUT2D eigenvalue weighted by Crippen LogP contribution is -2.24. The summed E-state index contributed by atoms with van der Waals surface area (Å²) >= 11 is 7.72. The first-order chi connectivity index (χ1) is 8.99. The normalized spacial score (nSPS) is 10.5. The summed E-state index contributed by atoms with van der Waals surface area (Å²) < 4.78 is 28.2. The lowest BCUT2D eigenvalue weighted by atomic mass is 10.2. The van der Waals surface area contributed by atoms with Gasteiger partial charge in [-0.3, -0.25) is 4.79 Å². The van der Waals surface area contributed by atoms with Gasteiger partial charge in [-0.1, -0.05) is 15.9 Å². The molecule has 1 aromatic carbocycles. The van der Waals surface area contributed by atoms with Crippen LogP contribution in [0.1, 0.15) is 15.2 Å². The third kappa shape index (κ3) is 3.40. The number of hydrogen-bond donors (Lipinski definition) is 1. The van der Waals surface area contributed by atoms with Crippen LogP contribution in [0.3, 0.4) is 0 Å². The molecule has 7 heteroatoms. The number of carbonyl (C=O) groups is 1. The summed E-state index contributed by atoms with van der Waals surface area (Å²) in [6.45, 7) is 0.214. The minimum Gasteiger partial charge on any atom is -0.347 e. The first kappa shape index (κ1) is 14.6. The van der Waals surface area contributed by atoms with Crippen molar-refractivity contribution in [1.29, 1.82) is 0 Å². The van der Waals surface area contributed by atoms with E-state index in [-0.39, 0.29) is 11.0 Å². The van der Waals surface area contributed by atoms with Crippen molar-refractivity contribution in [2.75, 3.05) is 0 Å². The molecule has 0 bridgehead atoms. The Balaban J connectivity index is 2.15. The maximum atomic E-state index is 13.6. The van der Waals surface area contributed by atoms with Crippen molar-refractivity contribution >= 4 is 49.1 Å². The summed E-state index contributed by atoms with van der Waals surface area (Å²) in [6.07, 6.45) is 0. The molecule has 0 aliphatic rings. The van der Waals surface area contributed by atoms with Crippen molar-refractivity contribution in [1.82, 2.24) is 5.32 Å². The summed E-state index contributed by atoms with van der Waals surface area (Å²) in [6, 6.07) is 3.95. The van der Waals surface area contributed by atoms with Crippen molar-refractivity contribution in [3.63, 3.8) is 0 Å². The zero-order valence-electron chi connectivity index (χ0n) is 9.34. The van der Waals surface area contributed by atoms with Crippen LogP contribution in [0, 0.1) is 11.6 Å². The zero-order valence-corrected chi connectivity index (χ0v) is 13.3. The maximum Gasteiger partial charge on any atom is 0.257 e. The van der Waals surface area contributed by atoms with Gasteiger partial charge in [0.15, 0.2) is 0 Å². The number of nitrogens with one attached hydrogen (secondary N) is 1. The van der Waals surface area contributed by atoms with Crippen molar-refractivity contribution in [3.8, 4) is 0 Å². The Bertz CT molecular complexity index is 607. The second-order valence-corrected chi connectivity index (χ2v) is 6.39. The van der Waals surface area contributed by atoms with Gasteiger partial charge in [-0.05, 0) is 39.5 Å². The van der Waals surface area contributed by atoms with E-state index in [1.807, 2.05) is 11.4 Å². The van der Waals surface area contributed by atoms with Gasteiger partial charge < -0.3 is 5.32 Å². The summed E-state index contributed by atoms with van der Waals surface area (Å²) in [5, 5.41) is 4.34. The van der Waals surface area contributed by atoms with Crippen LogP contribution in [-0.2, 0) is 6.54 Å². The van der Waals surface area contributed by atoms with Crippen LogP contribution in [0.15, 0.2) is 32.5 Å². The molecule has 0 aliphatic heterocycles. The van der Waals surface area contributed by atoms with Gasteiger partial charge in [0.25, 0.3) is 5.91 Å². The summed E-state index contributed by atoms with van der Waals surface area (Å²) in [5.41, 5.74) is -0.573. The van der Waals surface area contributed by atoms with Gasteiger partial charge in [0.05, 0.1) is 6.54 Å². The lowest BCUT2D eigenvalue weighted by molar-refractivity contribution is 0.0943. The smallest absolute Gasteiger partial charge is 0.257 e. The number of amides is 1. The number of carbonyl (C=O) groups excluding carboxylic acids is 1. The van der Waals surface area contributed by atoms with Crippen LogP contribution < -0.4 is 5.32 Å². The van der Waals surface area contributed by atoms with Gasteiger partial charge >= 0.3 is 0 Å². The monoisotopic (exact) mass is 409 g/mol. The van der Waals surface area contributed by atoms with Crippen LogP contribution in [0.5, 0.6) is 0 Å². The van der Waals surface area contributed by atoms with Crippen molar-refractivity contribution in [3.05, 3.63) is 54.6 Å². The maximum absolute atomic E-state index is 13.6. The molecule has 100 valence electrons. The van der Waals surface area contributed by atoms with E-state index in [0.717, 1.165) is 21.5 Å². The summed E-state index contributed by atoms with van der Waals surface area (Å²) in [4.78, 5) is 12.7. The standard InChI is InChI=1S/C12H7Br2F2NOS/c13-6-3-8(15)11(9(16)4-6)12(18)17-5-10-7(14)1-2-19-10/h1-4H,5H2,(H,17,18). The van der Waals surface area contributed by atoms with Crippen LogP contribution in [0.4, 0.5) is 8.78 Å². The molecule has 1 heterocycles. The fourth-order valence-electron chi connectivity index (χ4n) is 1.46. The molecular weight excluding hydrogens is 404 g/mol. The topological polar surface area (TPSA) is 29.1 Å². The molecule has 2 aromatic rings. The van der Waals surface area contributed by atoms with E-state index in [0.29, 0.717) is 0 Å². The van der Waals surface area contributed by atoms with Gasteiger partial charge in [0.1, 0.15) is 17.2 Å². The zero-order chi connectivity index (χ0) is 14.0. The highest BCUT2D eigenvalue weighted by Gasteiger charge is 2.18. The van der Waals surface area contributed by atoms with Crippen molar-refractivity contribution in [2.45, 2.75) is 6.54 Å². The van der Waals surface area contributed by atoms with Crippen LogP contribution in [0.25, 0.3) is 0 Å². The van der Waals surface area contributed by atoms with Crippen LogP contribution in [0.2, 0.25) is 0 Å². The molecule has 0 unspecified atom stereocenters. The Kier molecular flexibility index (Phi) is 4.70. The molecule has 2 nitrogen and oxygen atoms in total. The Morgan fingerprint density at radius 3 is 2.42 bits per heavy atom. The Labute approximate surface area is 129 Å². The molecule has 0 spiro atoms. The Morgan fingerprint density at radius 1 is 1.26 bits per heavy atom. The lowest BCUT2D eigenvalue weighted by Gasteiger charge is -2.07. The number of rotatable bonds is 3. The first-order valence-electron chi connectivity index (χ1n) is 5.13. The van der Waals surface area contributed by atoms with E-state index in [1.54, 1.807) is 0 Å². The van der Waals surface area contributed by atoms with Crippen molar-refractivity contribution < 1.29 is 13.6 Å². The molecule has 1 aromatic heterocycles. The van der Waals surface area contributed by atoms with Gasteiger partial charge in [0.2, 0.25) is 0 Å². The number of benzene rings is 1. The number of hydrogen-bond acceptors (Lipinski definition) is 2. The highest BCUT2D eigenvalue weighted by Crippen LogP contribution is 2.23. The molecule has 19 heavy (non-hydrogen) atoms. The predicted molar refractivity (Wildman–Crippen MR) is 77.2 cm³/mol. The average Bonchev–Trinajstić information content (AvgIpc) is 2.70. The quantitative estimate of drug-likeness (QED) is 0.793. The molecule has 0 radical (unpaired) electrons. The number of thiophene rings is 1. The molecular formula is C12H7Br2F2NOS. The molecule has 0 saturated heterocycles. The average molecular weight is 411 g/mol. The third-order valence-corrected chi connectivity index (χ3v) is 4.72. The molecule has 0 saturated carbocycles. The van der Waals surface area contributed by atoms with Crippen LogP contribution >= 0.6 is 43.2 Å². The highest BCUT2D eigenvalue weighted by atomic mass is 79.9. The molecule has 2 rings (SSSR count). The van der Waals surface area contributed by atoms with Gasteiger partial charge in [-0.15, -0.1) is 11.3 Å². The third-order valence-electron chi connectivity index (χ3n) is 2.33. The van der Waals surface area contributed by atoms with E-state index in [9.17, 15) is 13.6 Å². The second kappa shape index (κ2) is 6.11. The summed E-state index contributed by atoms with van der Waals surface area (Å²) in [7, 11) is 0. The van der Waals surface area contributed by atoms with Gasteiger partial charge in [-0.2, -0.15) is 0 Å². The van der Waals surface area contributed by atoms with E-state index in [1.165, 1.54) is 11.3 Å². The van der Waals surface area contributed by atoms with E-state index >= 15 is 0 Å². The molecule has 0 atom stereocenters. The Morgan fingerprint density at radius 2 is 1.89 bits per heavy atom. The Hall–Kier alpha value is -0.790. The fraction of sp³-hybridized carbons (Fsp3) is 0.0833. The van der Waals surface area contributed by atoms with Gasteiger partial charge in [0, 0.05) is 13.8 Å². The minimum atomic E-state index is -0.894. The minimum absolute atomic E-state index is 0.214. The van der Waals surface area contributed by atoms with E-state index < -0.39 is 23.1 Å². The summed E-state index contributed by atoms with van der Waals surface area (Å²) in [5.74, 6) is -2.56. The van der Waals surface area contributed by atoms with E-state index in [2.05, 4.69) is 37.2 Å². The largest absolute Gasteiger partial charge is 0.347 e.